The molecule has 1 fully saturated rings. The van der Waals surface area contributed by atoms with Crippen LogP contribution < -0.4 is 5.73 Å². The van der Waals surface area contributed by atoms with E-state index in [9.17, 15) is 0 Å². The predicted octanol–water partition coefficient (Wildman–Crippen LogP) is 2.95. The van der Waals surface area contributed by atoms with Gasteiger partial charge in [-0.05, 0) is 37.9 Å². The minimum absolute atomic E-state index is 0.0920. The number of halogens is 1. The van der Waals surface area contributed by atoms with E-state index in [1.807, 2.05) is 6.07 Å². The molecule has 1 aliphatic heterocycles. The normalized spacial score (nSPS) is 24.1. The quantitative estimate of drug-likeness (QED) is 0.924. The Kier molecular flexibility index (Phi) is 5.39. The first-order valence-electron chi connectivity index (χ1n) is 6.90. The lowest BCUT2D eigenvalue weighted by Gasteiger charge is -2.40. The first-order chi connectivity index (χ1) is 9.13. The van der Waals surface area contributed by atoms with Crippen LogP contribution in [0.3, 0.4) is 0 Å². The zero-order valence-corrected chi connectivity index (χ0v) is 13.3. The maximum Gasteiger partial charge on any atom is 0.0698 e. The largest absolute Gasteiger partial charge is 0.380 e. The molecule has 1 heterocycles. The van der Waals surface area contributed by atoms with Gasteiger partial charge in [-0.2, -0.15) is 0 Å². The van der Waals surface area contributed by atoms with Crippen LogP contribution in [-0.4, -0.2) is 37.2 Å². The smallest absolute Gasteiger partial charge is 0.0698 e. The zero-order valence-electron chi connectivity index (χ0n) is 11.7. The highest BCUT2D eigenvalue weighted by molar-refractivity contribution is 9.10. The first-order valence-corrected chi connectivity index (χ1v) is 7.69. The summed E-state index contributed by atoms with van der Waals surface area (Å²) in [4.78, 5) is 2.46. The Balaban J connectivity index is 2.23. The minimum atomic E-state index is 0.0920. The Labute approximate surface area is 124 Å². The maximum atomic E-state index is 6.25. The number of likely N-dealkylation sites (tertiary alicyclic amines) is 1. The fraction of sp³-hybridized carbons (Fsp3) is 0.600. The van der Waals surface area contributed by atoms with Gasteiger partial charge in [0.2, 0.25) is 0 Å². The summed E-state index contributed by atoms with van der Waals surface area (Å²) in [5, 5.41) is 0. The summed E-state index contributed by atoms with van der Waals surface area (Å²) >= 11 is 3.65. The van der Waals surface area contributed by atoms with Crippen LogP contribution >= 0.6 is 15.9 Å². The standard InChI is InChI=1S/C15H23BrN2O/c1-11(17)15(13-7-3-4-8-14(13)16)18-9-5-6-12(10-18)19-2/h3-4,7-8,11-12,15H,5-6,9-10,17H2,1-2H3. The van der Waals surface area contributed by atoms with Gasteiger partial charge in [-0.25, -0.2) is 0 Å². The van der Waals surface area contributed by atoms with Crippen LogP contribution in [0.4, 0.5) is 0 Å². The van der Waals surface area contributed by atoms with Gasteiger partial charge in [0.15, 0.2) is 0 Å². The molecule has 106 valence electrons. The van der Waals surface area contributed by atoms with Crippen molar-refractivity contribution in [3.63, 3.8) is 0 Å². The zero-order chi connectivity index (χ0) is 13.8. The Morgan fingerprint density at radius 1 is 1.42 bits per heavy atom. The number of piperidine rings is 1. The van der Waals surface area contributed by atoms with Gasteiger partial charge in [-0.15, -0.1) is 0 Å². The van der Waals surface area contributed by atoms with Gasteiger partial charge in [0.25, 0.3) is 0 Å². The van der Waals surface area contributed by atoms with E-state index >= 15 is 0 Å². The van der Waals surface area contributed by atoms with Crippen molar-refractivity contribution in [2.45, 2.75) is 38.0 Å². The summed E-state index contributed by atoms with van der Waals surface area (Å²) < 4.78 is 6.66. The molecule has 0 spiro atoms. The van der Waals surface area contributed by atoms with Crippen molar-refractivity contribution in [1.82, 2.24) is 4.90 Å². The van der Waals surface area contributed by atoms with Crippen LogP contribution in [-0.2, 0) is 4.74 Å². The highest BCUT2D eigenvalue weighted by Gasteiger charge is 2.30. The van der Waals surface area contributed by atoms with Gasteiger partial charge in [-0.3, -0.25) is 4.90 Å². The van der Waals surface area contributed by atoms with Crippen LogP contribution in [0.15, 0.2) is 28.7 Å². The molecule has 1 aromatic carbocycles. The molecular formula is C15H23BrN2O. The van der Waals surface area contributed by atoms with Crippen molar-refractivity contribution in [3.05, 3.63) is 34.3 Å². The van der Waals surface area contributed by atoms with E-state index < -0.39 is 0 Å². The molecule has 1 saturated heterocycles. The second-order valence-corrected chi connectivity index (χ2v) is 6.17. The topological polar surface area (TPSA) is 38.5 Å². The SMILES string of the molecule is COC1CCCN(C(c2ccccc2Br)C(C)N)C1. The van der Waals surface area contributed by atoms with E-state index in [2.05, 4.69) is 46.0 Å². The Morgan fingerprint density at radius 3 is 2.79 bits per heavy atom. The third kappa shape index (κ3) is 3.57. The molecule has 0 radical (unpaired) electrons. The minimum Gasteiger partial charge on any atom is -0.380 e. The van der Waals surface area contributed by atoms with Crippen LogP contribution in [0.25, 0.3) is 0 Å². The number of nitrogens with zero attached hydrogens (tertiary/aromatic N) is 1. The molecule has 1 aliphatic rings. The van der Waals surface area contributed by atoms with Gasteiger partial charge < -0.3 is 10.5 Å². The van der Waals surface area contributed by atoms with Gasteiger partial charge in [0, 0.05) is 24.2 Å². The van der Waals surface area contributed by atoms with E-state index in [1.165, 1.54) is 12.0 Å². The molecule has 3 nitrogen and oxygen atoms in total. The van der Waals surface area contributed by atoms with Crippen molar-refractivity contribution in [1.29, 1.82) is 0 Å². The van der Waals surface area contributed by atoms with Crippen LogP contribution in [0, 0.1) is 0 Å². The number of methoxy groups -OCH3 is 1. The second kappa shape index (κ2) is 6.84. The van der Waals surface area contributed by atoms with E-state index in [4.69, 9.17) is 10.5 Å². The van der Waals surface area contributed by atoms with Gasteiger partial charge in [-0.1, -0.05) is 34.1 Å². The van der Waals surface area contributed by atoms with Crippen molar-refractivity contribution < 1.29 is 4.74 Å². The highest BCUT2D eigenvalue weighted by Crippen LogP contribution is 2.32. The molecular weight excluding hydrogens is 304 g/mol. The molecule has 2 rings (SSSR count). The average Bonchev–Trinajstić information content (AvgIpc) is 2.41. The van der Waals surface area contributed by atoms with E-state index in [1.54, 1.807) is 7.11 Å². The summed E-state index contributed by atoms with van der Waals surface area (Å²) in [6.07, 6.45) is 2.65. The lowest BCUT2D eigenvalue weighted by molar-refractivity contribution is 0.0102. The monoisotopic (exact) mass is 326 g/mol. The number of hydrogen-bond acceptors (Lipinski definition) is 3. The Bertz CT molecular complexity index is 411. The third-order valence-corrected chi connectivity index (χ3v) is 4.58. The summed E-state index contributed by atoms with van der Waals surface area (Å²) in [5.74, 6) is 0. The van der Waals surface area contributed by atoms with Crippen molar-refractivity contribution in [3.8, 4) is 0 Å². The molecule has 0 aromatic heterocycles. The molecule has 0 bridgehead atoms. The van der Waals surface area contributed by atoms with Gasteiger partial charge in [0.1, 0.15) is 0 Å². The van der Waals surface area contributed by atoms with Crippen LogP contribution in [0.1, 0.15) is 31.4 Å². The predicted molar refractivity (Wildman–Crippen MR) is 82.1 cm³/mol. The summed E-state index contributed by atoms with van der Waals surface area (Å²) in [6.45, 7) is 4.14. The van der Waals surface area contributed by atoms with Crippen molar-refractivity contribution in [2.24, 2.45) is 5.73 Å². The highest BCUT2D eigenvalue weighted by atomic mass is 79.9. The fourth-order valence-electron chi connectivity index (χ4n) is 2.94. The third-order valence-electron chi connectivity index (χ3n) is 3.86. The molecule has 3 atom stereocenters. The Hall–Kier alpha value is -0.420. The second-order valence-electron chi connectivity index (χ2n) is 5.32. The number of hydrogen-bond donors (Lipinski definition) is 1. The molecule has 3 unspecified atom stereocenters. The molecule has 19 heavy (non-hydrogen) atoms. The molecule has 0 aliphatic carbocycles. The van der Waals surface area contributed by atoms with Crippen LogP contribution in [0.5, 0.6) is 0 Å². The average molecular weight is 327 g/mol. The lowest BCUT2D eigenvalue weighted by Crippen LogP contribution is -2.46. The number of ether oxygens (including phenoxy) is 1. The van der Waals surface area contributed by atoms with Crippen molar-refractivity contribution in [2.75, 3.05) is 20.2 Å². The maximum absolute atomic E-state index is 6.25. The number of benzene rings is 1. The first kappa shape index (κ1) is 15.0. The molecule has 4 heteroatoms. The number of rotatable bonds is 4. The summed E-state index contributed by atoms with van der Waals surface area (Å²) in [7, 11) is 1.80. The lowest BCUT2D eigenvalue weighted by atomic mass is 9.96. The van der Waals surface area contributed by atoms with E-state index in [0.717, 1.165) is 24.0 Å². The van der Waals surface area contributed by atoms with Gasteiger partial charge >= 0.3 is 0 Å². The number of nitrogens with two attached hydrogens (primary N) is 1. The van der Waals surface area contributed by atoms with Gasteiger partial charge in [0.05, 0.1) is 12.1 Å². The van der Waals surface area contributed by atoms with E-state index in [0.29, 0.717) is 6.10 Å². The molecule has 1 aromatic rings. The van der Waals surface area contributed by atoms with Crippen molar-refractivity contribution >= 4 is 15.9 Å². The van der Waals surface area contributed by atoms with Crippen LogP contribution in [0.2, 0.25) is 0 Å². The molecule has 2 N–H and O–H groups in total. The Morgan fingerprint density at radius 2 is 2.16 bits per heavy atom. The fourth-order valence-corrected chi connectivity index (χ4v) is 3.46. The molecule has 0 amide bonds. The summed E-state index contributed by atoms with van der Waals surface area (Å²) in [5.41, 5.74) is 7.52. The molecule has 0 saturated carbocycles. The summed E-state index contributed by atoms with van der Waals surface area (Å²) in [6, 6.07) is 8.70. The van der Waals surface area contributed by atoms with E-state index in [-0.39, 0.29) is 12.1 Å².